The molecule has 0 aliphatic heterocycles. The molecule has 0 heterocycles. The van der Waals surface area contributed by atoms with Gasteiger partial charge in [0, 0.05) is 23.2 Å². The van der Waals surface area contributed by atoms with Crippen LogP contribution in [0.1, 0.15) is 27.2 Å². The molecule has 1 aliphatic rings. The van der Waals surface area contributed by atoms with Crippen molar-refractivity contribution in [2.45, 2.75) is 27.2 Å². The second-order valence-electron chi connectivity index (χ2n) is 5.53. The molecule has 0 radical (unpaired) electrons. The van der Waals surface area contributed by atoms with Crippen molar-refractivity contribution in [3.8, 4) is 0 Å². The first-order valence-corrected chi connectivity index (χ1v) is 6.69. The predicted molar refractivity (Wildman–Crippen MR) is 75.8 cm³/mol. The Morgan fingerprint density at radius 3 is 2.00 bits per heavy atom. The van der Waals surface area contributed by atoms with Crippen LogP contribution in [0.3, 0.4) is 0 Å². The summed E-state index contributed by atoms with van der Waals surface area (Å²) in [7, 11) is 0. The van der Waals surface area contributed by atoms with Gasteiger partial charge in [-0.2, -0.15) is 0 Å². The topological polar surface area (TPSA) is 58.2 Å². The van der Waals surface area contributed by atoms with Crippen LogP contribution >= 0.6 is 0 Å². The summed E-state index contributed by atoms with van der Waals surface area (Å²) in [6.07, 6.45) is 0.981. The minimum atomic E-state index is -0.0456. The number of anilines is 2. The SMILES string of the molecule is CC(C)C(=O)Nc1ccc(NC(=O)C2CC2C)cc1. The molecule has 1 saturated carbocycles. The highest BCUT2D eigenvalue weighted by Gasteiger charge is 2.38. The van der Waals surface area contributed by atoms with E-state index in [9.17, 15) is 9.59 Å². The fourth-order valence-electron chi connectivity index (χ4n) is 1.85. The second kappa shape index (κ2) is 5.43. The lowest BCUT2D eigenvalue weighted by molar-refractivity contribution is -0.119. The van der Waals surface area contributed by atoms with Crippen LogP contribution in [-0.4, -0.2) is 11.8 Å². The number of carbonyl (C=O) groups excluding carboxylic acids is 2. The Morgan fingerprint density at radius 1 is 1.11 bits per heavy atom. The van der Waals surface area contributed by atoms with Crippen molar-refractivity contribution < 1.29 is 9.59 Å². The Hall–Kier alpha value is -1.84. The van der Waals surface area contributed by atoms with Gasteiger partial charge in [0.05, 0.1) is 0 Å². The molecular formula is C15H20N2O2. The lowest BCUT2D eigenvalue weighted by Crippen LogP contribution is -2.18. The number of carbonyl (C=O) groups is 2. The van der Waals surface area contributed by atoms with Crippen LogP contribution in [-0.2, 0) is 9.59 Å². The Bertz CT molecular complexity index is 479. The number of amides is 2. The predicted octanol–water partition coefficient (Wildman–Crippen LogP) is 2.88. The number of hydrogen-bond acceptors (Lipinski definition) is 2. The van der Waals surface area contributed by atoms with E-state index in [0.717, 1.165) is 17.8 Å². The van der Waals surface area contributed by atoms with Gasteiger partial charge in [-0.15, -0.1) is 0 Å². The Kier molecular flexibility index (Phi) is 3.88. The van der Waals surface area contributed by atoms with Gasteiger partial charge in [-0.1, -0.05) is 20.8 Å². The number of rotatable bonds is 4. The second-order valence-corrected chi connectivity index (χ2v) is 5.53. The van der Waals surface area contributed by atoms with Crippen molar-refractivity contribution in [1.82, 2.24) is 0 Å². The van der Waals surface area contributed by atoms with E-state index in [1.54, 1.807) is 24.3 Å². The van der Waals surface area contributed by atoms with E-state index in [-0.39, 0.29) is 23.7 Å². The quantitative estimate of drug-likeness (QED) is 0.874. The molecule has 1 aromatic carbocycles. The Balaban J connectivity index is 1.91. The first kappa shape index (κ1) is 13.6. The normalized spacial score (nSPS) is 21.1. The minimum Gasteiger partial charge on any atom is -0.326 e. The van der Waals surface area contributed by atoms with Crippen LogP contribution in [0.5, 0.6) is 0 Å². The molecule has 2 amide bonds. The van der Waals surface area contributed by atoms with Crippen molar-refractivity contribution in [3.63, 3.8) is 0 Å². The smallest absolute Gasteiger partial charge is 0.227 e. The van der Waals surface area contributed by atoms with Gasteiger partial charge in [0.25, 0.3) is 0 Å². The first-order valence-electron chi connectivity index (χ1n) is 6.69. The molecule has 4 heteroatoms. The molecule has 2 N–H and O–H groups in total. The molecule has 4 nitrogen and oxygen atoms in total. The van der Waals surface area contributed by atoms with Crippen LogP contribution in [0.25, 0.3) is 0 Å². The van der Waals surface area contributed by atoms with Gasteiger partial charge in [0.15, 0.2) is 0 Å². The summed E-state index contributed by atoms with van der Waals surface area (Å²) in [5, 5.41) is 5.70. The van der Waals surface area contributed by atoms with Gasteiger partial charge in [-0.05, 0) is 36.6 Å². The summed E-state index contributed by atoms with van der Waals surface area (Å²) in [5.41, 5.74) is 1.52. The molecule has 0 spiro atoms. The zero-order valence-corrected chi connectivity index (χ0v) is 11.6. The molecule has 0 bridgehead atoms. The Morgan fingerprint density at radius 2 is 1.58 bits per heavy atom. The average molecular weight is 260 g/mol. The zero-order valence-electron chi connectivity index (χ0n) is 11.6. The van der Waals surface area contributed by atoms with Crippen molar-refractivity contribution in [1.29, 1.82) is 0 Å². The van der Waals surface area contributed by atoms with Crippen LogP contribution in [0, 0.1) is 17.8 Å². The summed E-state index contributed by atoms with van der Waals surface area (Å²) >= 11 is 0. The van der Waals surface area contributed by atoms with Crippen molar-refractivity contribution in [2.24, 2.45) is 17.8 Å². The molecule has 102 valence electrons. The largest absolute Gasteiger partial charge is 0.326 e. The molecular weight excluding hydrogens is 240 g/mol. The van der Waals surface area contributed by atoms with Crippen molar-refractivity contribution in [2.75, 3.05) is 10.6 Å². The maximum Gasteiger partial charge on any atom is 0.227 e. The molecule has 2 atom stereocenters. The van der Waals surface area contributed by atoms with Gasteiger partial charge < -0.3 is 10.6 Å². The fraction of sp³-hybridized carbons (Fsp3) is 0.467. The molecule has 2 unspecified atom stereocenters. The monoisotopic (exact) mass is 260 g/mol. The molecule has 19 heavy (non-hydrogen) atoms. The van der Waals surface area contributed by atoms with E-state index in [0.29, 0.717) is 5.92 Å². The third-order valence-electron chi connectivity index (χ3n) is 3.39. The number of nitrogens with one attached hydrogen (secondary N) is 2. The molecule has 1 fully saturated rings. The van der Waals surface area contributed by atoms with Crippen LogP contribution < -0.4 is 10.6 Å². The van der Waals surface area contributed by atoms with E-state index in [4.69, 9.17) is 0 Å². The highest BCUT2D eigenvalue weighted by molar-refractivity contribution is 5.95. The molecule has 1 aliphatic carbocycles. The number of hydrogen-bond donors (Lipinski definition) is 2. The fourth-order valence-corrected chi connectivity index (χ4v) is 1.85. The Labute approximate surface area is 113 Å². The van der Waals surface area contributed by atoms with E-state index in [1.807, 2.05) is 13.8 Å². The van der Waals surface area contributed by atoms with E-state index >= 15 is 0 Å². The van der Waals surface area contributed by atoms with Crippen LogP contribution in [0.4, 0.5) is 11.4 Å². The molecule has 0 aromatic heterocycles. The summed E-state index contributed by atoms with van der Waals surface area (Å²) in [6, 6.07) is 7.21. The van der Waals surface area contributed by atoms with Crippen LogP contribution in [0.15, 0.2) is 24.3 Å². The first-order chi connectivity index (χ1) is 8.97. The van der Waals surface area contributed by atoms with Gasteiger partial charge in [-0.3, -0.25) is 9.59 Å². The summed E-state index contributed by atoms with van der Waals surface area (Å²) < 4.78 is 0. The average Bonchev–Trinajstić information content (AvgIpc) is 3.09. The van der Waals surface area contributed by atoms with Gasteiger partial charge >= 0.3 is 0 Å². The van der Waals surface area contributed by atoms with E-state index in [1.165, 1.54) is 0 Å². The maximum atomic E-state index is 11.8. The maximum absolute atomic E-state index is 11.8. The minimum absolute atomic E-state index is 0.0106. The lowest BCUT2D eigenvalue weighted by Gasteiger charge is -2.09. The molecule has 1 aromatic rings. The van der Waals surface area contributed by atoms with Crippen LogP contribution in [0.2, 0.25) is 0 Å². The molecule has 2 rings (SSSR count). The van der Waals surface area contributed by atoms with Crippen molar-refractivity contribution in [3.05, 3.63) is 24.3 Å². The highest BCUT2D eigenvalue weighted by atomic mass is 16.2. The third kappa shape index (κ3) is 3.56. The standard InChI is InChI=1S/C15H20N2O2/c1-9(2)14(18)16-11-4-6-12(7-5-11)17-15(19)13-8-10(13)3/h4-7,9-10,13H,8H2,1-3H3,(H,16,18)(H,17,19). The van der Waals surface area contributed by atoms with Gasteiger partial charge in [-0.25, -0.2) is 0 Å². The van der Waals surface area contributed by atoms with E-state index < -0.39 is 0 Å². The van der Waals surface area contributed by atoms with Gasteiger partial charge in [0.1, 0.15) is 0 Å². The summed E-state index contributed by atoms with van der Waals surface area (Å²) in [6.45, 7) is 5.77. The highest BCUT2D eigenvalue weighted by Crippen LogP contribution is 2.38. The summed E-state index contributed by atoms with van der Waals surface area (Å²) in [4.78, 5) is 23.3. The van der Waals surface area contributed by atoms with E-state index in [2.05, 4.69) is 17.6 Å². The molecule has 0 saturated heterocycles. The summed E-state index contributed by atoms with van der Waals surface area (Å²) in [5.74, 6) is 0.704. The number of benzene rings is 1. The third-order valence-corrected chi connectivity index (χ3v) is 3.39. The van der Waals surface area contributed by atoms with Gasteiger partial charge in [0.2, 0.25) is 11.8 Å². The van der Waals surface area contributed by atoms with Crippen molar-refractivity contribution >= 4 is 23.2 Å². The zero-order chi connectivity index (χ0) is 14.0. The lowest BCUT2D eigenvalue weighted by atomic mass is 10.2.